The van der Waals surface area contributed by atoms with E-state index in [1.807, 2.05) is 6.92 Å². The topological polar surface area (TPSA) is 20.2 Å². The second-order valence-electron chi connectivity index (χ2n) is 5.65. The maximum Gasteiger partial charge on any atom is 0.109 e. The highest BCUT2D eigenvalue weighted by Crippen LogP contribution is 2.54. The predicted octanol–water partition coefficient (Wildman–Crippen LogP) is 2.92. The first-order valence-electron chi connectivity index (χ1n) is 5.86. The number of aliphatic hydroxyl groups is 1. The van der Waals surface area contributed by atoms with Gasteiger partial charge in [-0.3, -0.25) is 0 Å². The molecule has 0 aromatic carbocycles. The molecular formula is C12H21FO. The fraction of sp³-hybridized carbons (Fsp3) is 1.00. The summed E-state index contributed by atoms with van der Waals surface area (Å²) < 4.78 is 13.1. The Kier molecular flexibility index (Phi) is 2.59. The maximum atomic E-state index is 13.1. The molecule has 2 rings (SSSR count). The minimum absolute atomic E-state index is 0.351. The molecule has 0 aliphatic heterocycles. The minimum atomic E-state index is -0.755. The normalized spacial score (nSPS) is 50.1. The molecule has 0 heterocycles. The lowest BCUT2D eigenvalue weighted by atomic mass is 9.75. The highest BCUT2D eigenvalue weighted by molar-refractivity contribution is 5.06. The monoisotopic (exact) mass is 200 g/mol. The highest BCUT2D eigenvalue weighted by Gasteiger charge is 2.57. The van der Waals surface area contributed by atoms with Crippen LogP contribution in [0.3, 0.4) is 0 Å². The van der Waals surface area contributed by atoms with E-state index in [0.717, 1.165) is 12.8 Å². The van der Waals surface area contributed by atoms with Crippen LogP contribution in [0, 0.1) is 17.3 Å². The van der Waals surface area contributed by atoms with Gasteiger partial charge in [0, 0.05) is 5.41 Å². The summed E-state index contributed by atoms with van der Waals surface area (Å²) in [5, 5.41) is 10.1. The van der Waals surface area contributed by atoms with Crippen molar-refractivity contribution in [1.82, 2.24) is 0 Å². The van der Waals surface area contributed by atoms with Gasteiger partial charge in [0.2, 0.25) is 0 Å². The van der Waals surface area contributed by atoms with E-state index in [1.165, 1.54) is 12.8 Å². The van der Waals surface area contributed by atoms with Gasteiger partial charge in [-0.2, -0.15) is 0 Å². The van der Waals surface area contributed by atoms with Gasteiger partial charge in [0.1, 0.15) is 6.17 Å². The maximum absolute atomic E-state index is 13.1. The van der Waals surface area contributed by atoms with Crippen LogP contribution in [0.15, 0.2) is 0 Å². The second kappa shape index (κ2) is 3.48. The van der Waals surface area contributed by atoms with Crippen LogP contribution in [0.5, 0.6) is 0 Å². The molecule has 14 heavy (non-hydrogen) atoms. The zero-order chi connectivity index (χ0) is 10.3. The molecule has 0 radical (unpaired) electrons. The van der Waals surface area contributed by atoms with E-state index in [4.69, 9.17) is 0 Å². The molecule has 1 nitrogen and oxygen atoms in total. The molecule has 0 saturated heterocycles. The van der Waals surface area contributed by atoms with Crippen molar-refractivity contribution in [2.75, 3.05) is 0 Å². The number of hydrogen-bond acceptors (Lipinski definition) is 1. The van der Waals surface area contributed by atoms with Crippen LogP contribution >= 0.6 is 0 Å². The molecule has 82 valence electrons. The van der Waals surface area contributed by atoms with Gasteiger partial charge in [-0.05, 0) is 31.1 Å². The summed E-state index contributed by atoms with van der Waals surface area (Å²) in [6.07, 6.45) is 4.07. The first-order chi connectivity index (χ1) is 6.54. The van der Waals surface area contributed by atoms with Crippen LogP contribution in [0.2, 0.25) is 0 Å². The fourth-order valence-corrected chi connectivity index (χ4v) is 2.94. The number of aliphatic hydroxyl groups excluding tert-OH is 1. The van der Waals surface area contributed by atoms with E-state index < -0.39 is 17.7 Å². The molecular weight excluding hydrogens is 179 g/mol. The summed E-state index contributed by atoms with van der Waals surface area (Å²) in [4.78, 5) is 0. The van der Waals surface area contributed by atoms with E-state index in [1.54, 1.807) is 0 Å². The molecule has 2 aliphatic rings. The fourth-order valence-electron chi connectivity index (χ4n) is 2.94. The molecule has 0 amide bonds. The Labute approximate surface area is 85.7 Å². The smallest absolute Gasteiger partial charge is 0.109 e. The van der Waals surface area contributed by atoms with Crippen LogP contribution in [0.1, 0.15) is 46.0 Å². The van der Waals surface area contributed by atoms with Gasteiger partial charge in [0.25, 0.3) is 0 Å². The third kappa shape index (κ3) is 1.69. The quantitative estimate of drug-likeness (QED) is 0.726. The van der Waals surface area contributed by atoms with Crippen LogP contribution in [0.4, 0.5) is 4.39 Å². The number of alkyl halides is 1. The van der Waals surface area contributed by atoms with Gasteiger partial charge in [0.15, 0.2) is 0 Å². The molecule has 2 saturated carbocycles. The van der Waals surface area contributed by atoms with E-state index in [9.17, 15) is 9.50 Å². The van der Waals surface area contributed by atoms with Crippen molar-refractivity contribution < 1.29 is 9.50 Å². The number of halogens is 1. The Bertz CT molecular complexity index is 218. The molecule has 1 N–H and O–H groups in total. The van der Waals surface area contributed by atoms with Crippen molar-refractivity contribution in [3.63, 3.8) is 0 Å². The SMILES string of the molecule is CC1CCCC(C(O)C2(C)CC2F)C1. The summed E-state index contributed by atoms with van der Waals surface area (Å²) in [6.45, 7) is 4.13. The van der Waals surface area contributed by atoms with Crippen molar-refractivity contribution in [3.05, 3.63) is 0 Å². The lowest BCUT2D eigenvalue weighted by Gasteiger charge is -2.33. The van der Waals surface area contributed by atoms with Gasteiger partial charge in [-0.1, -0.05) is 26.7 Å². The van der Waals surface area contributed by atoms with E-state index in [0.29, 0.717) is 18.3 Å². The van der Waals surface area contributed by atoms with Crippen molar-refractivity contribution in [2.24, 2.45) is 17.3 Å². The van der Waals surface area contributed by atoms with Gasteiger partial charge in [-0.15, -0.1) is 0 Å². The van der Waals surface area contributed by atoms with E-state index in [-0.39, 0.29) is 0 Å². The lowest BCUT2D eigenvalue weighted by Crippen LogP contribution is -2.33. The molecule has 2 fully saturated rings. The van der Waals surface area contributed by atoms with Gasteiger partial charge in [-0.25, -0.2) is 4.39 Å². The number of hydrogen-bond donors (Lipinski definition) is 1. The molecule has 2 heteroatoms. The van der Waals surface area contributed by atoms with Crippen molar-refractivity contribution in [1.29, 1.82) is 0 Å². The average Bonchev–Trinajstić information content (AvgIpc) is 2.75. The van der Waals surface area contributed by atoms with Crippen LogP contribution in [-0.4, -0.2) is 17.4 Å². The lowest BCUT2D eigenvalue weighted by molar-refractivity contribution is 0.00990. The zero-order valence-electron chi connectivity index (χ0n) is 9.17. The van der Waals surface area contributed by atoms with Crippen molar-refractivity contribution in [2.45, 2.75) is 58.2 Å². The molecule has 5 unspecified atom stereocenters. The van der Waals surface area contributed by atoms with Crippen LogP contribution < -0.4 is 0 Å². The largest absolute Gasteiger partial charge is 0.392 e. The van der Waals surface area contributed by atoms with Gasteiger partial charge >= 0.3 is 0 Å². The molecule has 5 atom stereocenters. The molecule has 0 aromatic rings. The molecule has 0 spiro atoms. The average molecular weight is 200 g/mol. The highest BCUT2D eigenvalue weighted by atomic mass is 19.1. The number of rotatable bonds is 2. The summed E-state index contributed by atoms with van der Waals surface area (Å²) in [6, 6.07) is 0. The summed E-state index contributed by atoms with van der Waals surface area (Å²) in [5.41, 5.74) is -0.401. The molecule has 0 aromatic heterocycles. The Morgan fingerprint density at radius 3 is 2.57 bits per heavy atom. The first kappa shape index (κ1) is 10.4. The first-order valence-corrected chi connectivity index (χ1v) is 5.86. The van der Waals surface area contributed by atoms with Gasteiger partial charge in [0.05, 0.1) is 6.10 Å². The Balaban J connectivity index is 1.94. The predicted molar refractivity (Wildman–Crippen MR) is 54.7 cm³/mol. The van der Waals surface area contributed by atoms with Crippen LogP contribution in [-0.2, 0) is 0 Å². The van der Waals surface area contributed by atoms with Crippen molar-refractivity contribution >= 4 is 0 Å². The minimum Gasteiger partial charge on any atom is -0.392 e. The Morgan fingerprint density at radius 1 is 1.43 bits per heavy atom. The molecule has 0 bridgehead atoms. The standard InChI is InChI=1S/C12H21FO/c1-8-4-3-5-9(6-8)11(14)12(2)7-10(12)13/h8-11,14H,3-7H2,1-2H3. The summed E-state index contributed by atoms with van der Waals surface area (Å²) >= 11 is 0. The summed E-state index contributed by atoms with van der Waals surface area (Å²) in [5.74, 6) is 1.06. The van der Waals surface area contributed by atoms with E-state index in [2.05, 4.69) is 6.92 Å². The third-order valence-corrected chi connectivity index (χ3v) is 4.27. The Morgan fingerprint density at radius 2 is 2.07 bits per heavy atom. The van der Waals surface area contributed by atoms with Crippen LogP contribution in [0.25, 0.3) is 0 Å². The third-order valence-electron chi connectivity index (χ3n) is 4.27. The van der Waals surface area contributed by atoms with Gasteiger partial charge < -0.3 is 5.11 Å². The zero-order valence-corrected chi connectivity index (χ0v) is 9.17. The van der Waals surface area contributed by atoms with E-state index >= 15 is 0 Å². The Hall–Kier alpha value is -0.110. The second-order valence-corrected chi connectivity index (χ2v) is 5.65. The summed E-state index contributed by atoms with van der Waals surface area (Å²) in [7, 11) is 0. The molecule has 2 aliphatic carbocycles. The van der Waals surface area contributed by atoms with Crippen molar-refractivity contribution in [3.8, 4) is 0 Å².